The van der Waals surface area contributed by atoms with Gasteiger partial charge in [-0.05, 0) is 43.2 Å². The predicted octanol–water partition coefficient (Wildman–Crippen LogP) is 2.18. The Morgan fingerprint density at radius 1 is 1.00 bits per heavy atom. The van der Waals surface area contributed by atoms with Crippen LogP contribution in [0.15, 0.2) is 24.3 Å². The lowest BCUT2D eigenvalue weighted by atomic mass is 9.78. The number of piperidine rings is 1. The highest BCUT2D eigenvalue weighted by molar-refractivity contribution is 7.91. The first kappa shape index (κ1) is 16.9. The first-order valence-corrected chi connectivity index (χ1v) is 11.2. The van der Waals surface area contributed by atoms with Gasteiger partial charge in [0, 0.05) is 31.9 Å². The number of carbonyl (C=O) groups excluding carboxylic acids is 1. The molecule has 1 aromatic rings. The molecule has 3 fully saturated rings. The van der Waals surface area contributed by atoms with E-state index in [2.05, 4.69) is 4.90 Å². The average Bonchev–Trinajstić information content (AvgIpc) is 2.61. The van der Waals surface area contributed by atoms with Gasteiger partial charge in [0.25, 0.3) is 5.91 Å². The summed E-state index contributed by atoms with van der Waals surface area (Å²) in [4.78, 5) is 17.3. The number of nitrogens with zero attached hydrogens (tertiary/aromatic N) is 2. The molecule has 0 spiro atoms. The van der Waals surface area contributed by atoms with Gasteiger partial charge in [-0.3, -0.25) is 4.79 Å². The van der Waals surface area contributed by atoms with Crippen molar-refractivity contribution in [1.82, 2.24) is 4.90 Å². The summed E-state index contributed by atoms with van der Waals surface area (Å²) in [6, 6.07) is 7.68. The third-order valence-electron chi connectivity index (χ3n) is 5.96. The first-order chi connectivity index (χ1) is 12.0. The second kappa shape index (κ2) is 6.63. The number of fused-ring (bicyclic) bond motifs is 2. The first-order valence-electron chi connectivity index (χ1n) is 9.35. The van der Waals surface area contributed by atoms with Gasteiger partial charge < -0.3 is 9.80 Å². The fourth-order valence-corrected chi connectivity index (χ4v) is 5.85. The molecule has 3 aliphatic rings. The van der Waals surface area contributed by atoms with Crippen molar-refractivity contribution in [3.8, 4) is 0 Å². The van der Waals surface area contributed by atoms with E-state index in [1.54, 1.807) is 0 Å². The Morgan fingerprint density at radius 3 is 2.32 bits per heavy atom. The minimum absolute atomic E-state index is 0.112. The van der Waals surface area contributed by atoms with Crippen LogP contribution in [0.5, 0.6) is 0 Å². The molecular formula is C19H26N2O3S. The van der Waals surface area contributed by atoms with Gasteiger partial charge in [0.2, 0.25) is 0 Å². The zero-order valence-corrected chi connectivity index (χ0v) is 15.4. The molecule has 2 aliphatic heterocycles. The normalized spacial score (nSPS) is 28.6. The van der Waals surface area contributed by atoms with E-state index in [1.165, 1.54) is 25.7 Å². The Morgan fingerprint density at radius 2 is 1.64 bits per heavy atom. The summed E-state index contributed by atoms with van der Waals surface area (Å²) in [7, 11) is -2.92. The topological polar surface area (TPSA) is 57.7 Å². The zero-order chi connectivity index (χ0) is 17.4. The lowest BCUT2D eigenvalue weighted by molar-refractivity contribution is 0.0505. The van der Waals surface area contributed by atoms with Crippen LogP contribution in [-0.2, 0) is 9.84 Å². The zero-order valence-electron chi connectivity index (χ0n) is 14.6. The van der Waals surface area contributed by atoms with Crippen LogP contribution in [0.2, 0.25) is 0 Å². The van der Waals surface area contributed by atoms with Crippen LogP contribution in [0, 0.1) is 11.8 Å². The molecule has 136 valence electrons. The molecule has 1 aromatic carbocycles. The lowest BCUT2D eigenvalue weighted by Crippen LogP contribution is -2.46. The molecule has 0 aromatic heterocycles. The molecule has 25 heavy (non-hydrogen) atoms. The standard InChI is InChI=1S/C19H26N2O3S/c22-19(21-13-15-4-3-5-16(12-15)14-21)17-6-1-2-7-18(17)20-8-10-25(23,24)11-9-20/h1-2,6-7,15-16H,3-5,8-14H2. The summed E-state index contributed by atoms with van der Waals surface area (Å²) in [5, 5.41) is 0. The SMILES string of the molecule is O=C(c1ccccc1N1CCS(=O)(=O)CC1)N1CC2CCCC(C2)C1. The Kier molecular flexibility index (Phi) is 4.48. The number of hydrogen-bond acceptors (Lipinski definition) is 4. The molecule has 0 N–H and O–H groups in total. The number of para-hydroxylation sites is 1. The van der Waals surface area contributed by atoms with E-state index >= 15 is 0 Å². The molecule has 2 atom stereocenters. The van der Waals surface area contributed by atoms with Crippen molar-refractivity contribution in [3.05, 3.63) is 29.8 Å². The van der Waals surface area contributed by atoms with Crippen LogP contribution in [0.1, 0.15) is 36.0 Å². The molecule has 0 radical (unpaired) electrons. The van der Waals surface area contributed by atoms with E-state index < -0.39 is 9.84 Å². The van der Waals surface area contributed by atoms with Crippen molar-refractivity contribution in [2.75, 3.05) is 42.6 Å². The van der Waals surface area contributed by atoms with Crippen molar-refractivity contribution in [3.63, 3.8) is 0 Å². The summed E-state index contributed by atoms with van der Waals surface area (Å²) >= 11 is 0. The smallest absolute Gasteiger partial charge is 0.255 e. The van der Waals surface area contributed by atoms with Crippen LogP contribution >= 0.6 is 0 Å². The summed E-state index contributed by atoms with van der Waals surface area (Å²) < 4.78 is 23.4. The number of anilines is 1. The van der Waals surface area contributed by atoms with Crippen molar-refractivity contribution >= 4 is 21.4 Å². The molecule has 1 aliphatic carbocycles. The monoisotopic (exact) mass is 362 g/mol. The molecule has 4 rings (SSSR count). The molecule has 2 heterocycles. The molecule has 5 nitrogen and oxygen atoms in total. The molecule has 2 unspecified atom stereocenters. The molecule has 2 bridgehead atoms. The van der Waals surface area contributed by atoms with Crippen molar-refractivity contribution in [1.29, 1.82) is 0 Å². The predicted molar refractivity (Wildman–Crippen MR) is 98.7 cm³/mol. The largest absolute Gasteiger partial charge is 0.369 e. The van der Waals surface area contributed by atoms with E-state index in [0.29, 0.717) is 24.9 Å². The van der Waals surface area contributed by atoms with E-state index in [0.717, 1.165) is 24.3 Å². The fraction of sp³-hybridized carbons (Fsp3) is 0.632. The van der Waals surface area contributed by atoms with E-state index in [4.69, 9.17) is 0 Å². The fourth-order valence-electron chi connectivity index (χ4n) is 4.65. The van der Waals surface area contributed by atoms with Crippen molar-refractivity contribution in [2.24, 2.45) is 11.8 Å². The van der Waals surface area contributed by atoms with Crippen LogP contribution < -0.4 is 4.90 Å². The minimum Gasteiger partial charge on any atom is -0.369 e. The van der Waals surface area contributed by atoms with Crippen molar-refractivity contribution in [2.45, 2.75) is 25.7 Å². The number of benzene rings is 1. The highest BCUT2D eigenvalue weighted by Crippen LogP contribution is 2.35. The summed E-state index contributed by atoms with van der Waals surface area (Å²) in [5.74, 6) is 1.76. The van der Waals surface area contributed by atoms with Crippen LogP contribution in [0.3, 0.4) is 0 Å². The maximum atomic E-state index is 13.2. The van der Waals surface area contributed by atoms with Gasteiger partial charge in [-0.2, -0.15) is 0 Å². The second-order valence-corrected chi connectivity index (χ2v) is 10.1. The lowest BCUT2D eigenvalue weighted by Gasteiger charge is -2.42. The second-order valence-electron chi connectivity index (χ2n) is 7.76. The average molecular weight is 362 g/mol. The maximum absolute atomic E-state index is 13.2. The Labute approximate surface area is 149 Å². The van der Waals surface area contributed by atoms with Crippen LogP contribution in [-0.4, -0.2) is 56.9 Å². The Hall–Kier alpha value is -1.56. The van der Waals surface area contributed by atoms with Crippen LogP contribution in [0.25, 0.3) is 0 Å². The molecule has 1 amide bonds. The van der Waals surface area contributed by atoms with Gasteiger partial charge in [-0.1, -0.05) is 18.6 Å². The molecule has 2 saturated heterocycles. The highest BCUT2D eigenvalue weighted by Gasteiger charge is 2.34. The molecule has 6 heteroatoms. The summed E-state index contributed by atoms with van der Waals surface area (Å²) in [6.07, 6.45) is 5.06. The van der Waals surface area contributed by atoms with E-state index in [1.807, 2.05) is 29.2 Å². The number of carbonyl (C=O) groups is 1. The quantitative estimate of drug-likeness (QED) is 0.809. The minimum atomic E-state index is -2.92. The molecule has 1 saturated carbocycles. The Bertz CT molecular complexity index is 736. The third-order valence-corrected chi connectivity index (χ3v) is 7.56. The number of hydrogen-bond donors (Lipinski definition) is 0. The van der Waals surface area contributed by atoms with Gasteiger partial charge in [0.05, 0.1) is 17.1 Å². The van der Waals surface area contributed by atoms with Crippen molar-refractivity contribution < 1.29 is 13.2 Å². The van der Waals surface area contributed by atoms with Gasteiger partial charge in [-0.25, -0.2) is 8.42 Å². The third kappa shape index (κ3) is 3.54. The maximum Gasteiger partial charge on any atom is 0.255 e. The van der Waals surface area contributed by atoms with Gasteiger partial charge in [-0.15, -0.1) is 0 Å². The van der Waals surface area contributed by atoms with E-state index in [-0.39, 0.29) is 17.4 Å². The van der Waals surface area contributed by atoms with Gasteiger partial charge in [0.15, 0.2) is 9.84 Å². The van der Waals surface area contributed by atoms with Crippen LogP contribution in [0.4, 0.5) is 5.69 Å². The number of amides is 1. The summed E-state index contributed by atoms with van der Waals surface area (Å²) in [6.45, 7) is 2.69. The Balaban J connectivity index is 1.55. The summed E-state index contributed by atoms with van der Waals surface area (Å²) in [5.41, 5.74) is 1.61. The number of likely N-dealkylation sites (tertiary alicyclic amines) is 1. The highest BCUT2D eigenvalue weighted by atomic mass is 32.2. The van der Waals surface area contributed by atoms with Gasteiger partial charge >= 0.3 is 0 Å². The number of rotatable bonds is 2. The molecular weight excluding hydrogens is 336 g/mol. The number of sulfone groups is 1. The van der Waals surface area contributed by atoms with Gasteiger partial charge in [0.1, 0.15) is 0 Å². The van der Waals surface area contributed by atoms with E-state index in [9.17, 15) is 13.2 Å².